The molecule has 1 saturated heterocycles. The first-order chi connectivity index (χ1) is 14.6. The molecule has 2 aromatic rings. The van der Waals surface area contributed by atoms with Crippen molar-refractivity contribution in [1.29, 1.82) is 0 Å². The van der Waals surface area contributed by atoms with E-state index < -0.39 is 11.9 Å². The van der Waals surface area contributed by atoms with Gasteiger partial charge in [-0.1, -0.05) is 40.9 Å². The number of rotatable bonds is 5. The number of hydrogen-bond acceptors (Lipinski definition) is 3. The third kappa shape index (κ3) is 5.13. The molecule has 5 nitrogen and oxygen atoms in total. The molecule has 1 aliphatic carbocycles. The first kappa shape index (κ1) is 22.7. The van der Waals surface area contributed by atoms with Crippen LogP contribution in [0.25, 0.3) is 0 Å². The topological polar surface area (TPSA) is 41.4 Å². The van der Waals surface area contributed by atoms with Crippen LogP contribution in [-0.4, -0.2) is 51.7 Å². The summed E-state index contributed by atoms with van der Waals surface area (Å²) in [6, 6.07) is 5.48. The van der Waals surface area contributed by atoms with E-state index in [4.69, 9.17) is 34.8 Å². The summed E-state index contributed by atoms with van der Waals surface area (Å²) in [5.74, 6) is -0.323. The molecule has 2 aliphatic rings. The highest BCUT2D eigenvalue weighted by Gasteiger charge is 2.42. The van der Waals surface area contributed by atoms with Gasteiger partial charge in [0, 0.05) is 38.6 Å². The van der Waals surface area contributed by atoms with Crippen molar-refractivity contribution in [1.82, 2.24) is 19.6 Å². The van der Waals surface area contributed by atoms with Crippen LogP contribution in [0.3, 0.4) is 0 Å². The van der Waals surface area contributed by atoms with Gasteiger partial charge in [-0.15, -0.1) is 0 Å². The fourth-order valence-corrected chi connectivity index (χ4v) is 4.50. The lowest BCUT2D eigenvalue weighted by atomic mass is 10.2. The standard InChI is InChI=1S/C20H20Cl3F3N4O/c21-14-4-1-12(9-15(14)22)10-28-5-7-29(8-6-28)16(31)11-30-18(13-2-3-13)17(23)19(27-30)20(24,25)26/h1,4,9,13H,2-3,5-8,10-11H2. The number of halogens is 6. The lowest BCUT2D eigenvalue weighted by Crippen LogP contribution is -2.49. The minimum atomic E-state index is -4.65. The number of alkyl halides is 3. The van der Waals surface area contributed by atoms with E-state index in [1.807, 2.05) is 12.1 Å². The highest BCUT2D eigenvalue weighted by molar-refractivity contribution is 6.42. The molecular formula is C20H20Cl3F3N4O. The fraction of sp³-hybridized carbons (Fsp3) is 0.500. The molecule has 168 valence electrons. The van der Waals surface area contributed by atoms with Crippen LogP contribution >= 0.6 is 34.8 Å². The molecule has 1 amide bonds. The molecule has 0 spiro atoms. The van der Waals surface area contributed by atoms with Crippen molar-refractivity contribution < 1.29 is 18.0 Å². The van der Waals surface area contributed by atoms with Crippen molar-refractivity contribution in [2.75, 3.05) is 26.2 Å². The van der Waals surface area contributed by atoms with E-state index in [-0.39, 0.29) is 23.4 Å². The van der Waals surface area contributed by atoms with Crippen LogP contribution in [0.1, 0.15) is 35.7 Å². The molecule has 0 radical (unpaired) electrons. The van der Waals surface area contributed by atoms with Gasteiger partial charge in [0.15, 0.2) is 5.69 Å². The summed E-state index contributed by atoms with van der Waals surface area (Å²) in [5, 5.41) is 4.26. The van der Waals surface area contributed by atoms with E-state index in [1.165, 1.54) is 0 Å². The van der Waals surface area contributed by atoms with Gasteiger partial charge in [0.05, 0.1) is 20.8 Å². The molecular weight excluding hydrogens is 476 g/mol. The van der Waals surface area contributed by atoms with Crippen LogP contribution in [0.2, 0.25) is 15.1 Å². The highest BCUT2D eigenvalue weighted by atomic mass is 35.5. The van der Waals surface area contributed by atoms with Crippen molar-refractivity contribution in [3.63, 3.8) is 0 Å². The SMILES string of the molecule is O=C(Cn1nc(C(F)(F)F)c(Cl)c1C1CC1)N1CCN(Cc2ccc(Cl)c(Cl)c2)CC1. The van der Waals surface area contributed by atoms with Gasteiger partial charge >= 0.3 is 6.18 Å². The number of hydrogen-bond donors (Lipinski definition) is 0. The quantitative estimate of drug-likeness (QED) is 0.581. The summed E-state index contributed by atoms with van der Waals surface area (Å²) in [6.07, 6.45) is -3.14. The average Bonchev–Trinajstić information content (AvgIpc) is 3.48. The molecule has 0 bridgehead atoms. The largest absolute Gasteiger partial charge is 0.436 e. The Morgan fingerprint density at radius 3 is 2.32 bits per heavy atom. The van der Waals surface area contributed by atoms with Gasteiger partial charge in [-0.25, -0.2) is 0 Å². The van der Waals surface area contributed by atoms with Crippen LogP contribution in [0.15, 0.2) is 18.2 Å². The summed E-state index contributed by atoms with van der Waals surface area (Å²) >= 11 is 18.0. The smallest absolute Gasteiger partial charge is 0.339 e. The van der Waals surface area contributed by atoms with E-state index in [9.17, 15) is 18.0 Å². The zero-order chi connectivity index (χ0) is 22.3. The Balaban J connectivity index is 1.38. The number of aromatic nitrogens is 2. The maximum atomic E-state index is 13.2. The van der Waals surface area contributed by atoms with Crippen molar-refractivity contribution >= 4 is 40.7 Å². The van der Waals surface area contributed by atoms with Crippen LogP contribution in [-0.2, 0) is 24.1 Å². The normalized spacial score (nSPS) is 17.9. The number of carbonyl (C=O) groups excluding carboxylic acids is 1. The Bertz CT molecular complexity index is 983. The maximum absolute atomic E-state index is 13.2. The third-order valence-electron chi connectivity index (χ3n) is 5.56. The molecule has 1 aliphatic heterocycles. The average molecular weight is 496 g/mol. The van der Waals surface area contributed by atoms with Gasteiger partial charge in [-0.2, -0.15) is 18.3 Å². The minimum Gasteiger partial charge on any atom is -0.339 e. The molecule has 11 heteroatoms. The van der Waals surface area contributed by atoms with E-state index in [0.29, 0.717) is 48.5 Å². The summed E-state index contributed by atoms with van der Waals surface area (Å²) in [5.41, 5.74) is 0.227. The first-order valence-corrected chi connectivity index (χ1v) is 11.0. The summed E-state index contributed by atoms with van der Waals surface area (Å²) in [6.45, 7) is 2.70. The van der Waals surface area contributed by atoms with Gasteiger partial charge in [0.1, 0.15) is 6.54 Å². The van der Waals surface area contributed by atoms with Crippen molar-refractivity contribution in [2.24, 2.45) is 0 Å². The molecule has 31 heavy (non-hydrogen) atoms. The zero-order valence-electron chi connectivity index (χ0n) is 16.4. The number of carbonyl (C=O) groups is 1. The molecule has 0 atom stereocenters. The van der Waals surface area contributed by atoms with Crippen molar-refractivity contribution in [3.05, 3.63) is 50.2 Å². The lowest BCUT2D eigenvalue weighted by molar-refractivity contribution is -0.142. The van der Waals surface area contributed by atoms with E-state index in [2.05, 4.69) is 10.00 Å². The van der Waals surface area contributed by atoms with Crippen LogP contribution in [0.4, 0.5) is 13.2 Å². The van der Waals surface area contributed by atoms with E-state index >= 15 is 0 Å². The second kappa shape index (κ2) is 8.81. The Morgan fingerprint density at radius 2 is 1.74 bits per heavy atom. The number of nitrogens with zero attached hydrogens (tertiary/aromatic N) is 4. The third-order valence-corrected chi connectivity index (χ3v) is 6.68. The van der Waals surface area contributed by atoms with Gasteiger partial charge < -0.3 is 4.90 Å². The minimum absolute atomic E-state index is 0.0630. The molecule has 1 saturated carbocycles. The van der Waals surface area contributed by atoms with Crippen molar-refractivity contribution in [3.8, 4) is 0 Å². The van der Waals surface area contributed by atoms with Crippen LogP contribution in [0.5, 0.6) is 0 Å². The molecule has 0 unspecified atom stereocenters. The summed E-state index contributed by atoms with van der Waals surface area (Å²) in [4.78, 5) is 16.6. The Kier molecular flexibility index (Phi) is 6.45. The molecule has 1 aromatic heterocycles. The Hall–Kier alpha value is -1.48. The summed E-state index contributed by atoms with van der Waals surface area (Å²) in [7, 11) is 0. The predicted octanol–water partition coefficient (Wildman–Crippen LogP) is 5.08. The first-order valence-electron chi connectivity index (χ1n) is 9.91. The second-order valence-electron chi connectivity index (χ2n) is 7.88. The number of piperazine rings is 1. The van der Waals surface area contributed by atoms with E-state index in [0.717, 1.165) is 23.1 Å². The number of amides is 1. The highest BCUT2D eigenvalue weighted by Crippen LogP contribution is 2.46. The molecule has 2 fully saturated rings. The number of benzene rings is 1. The Morgan fingerprint density at radius 1 is 1.06 bits per heavy atom. The van der Waals surface area contributed by atoms with Crippen LogP contribution < -0.4 is 0 Å². The molecule has 1 aromatic carbocycles. The molecule has 0 N–H and O–H groups in total. The monoisotopic (exact) mass is 494 g/mol. The lowest BCUT2D eigenvalue weighted by Gasteiger charge is -2.35. The van der Waals surface area contributed by atoms with Gasteiger partial charge in [-0.05, 0) is 30.5 Å². The van der Waals surface area contributed by atoms with E-state index in [1.54, 1.807) is 11.0 Å². The van der Waals surface area contributed by atoms with Crippen molar-refractivity contribution in [2.45, 2.75) is 38.0 Å². The van der Waals surface area contributed by atoms with Crippen LogP contribution in [0, 0.1) is 0 Å². The summed E-state index contributed by atoms with van der Waals surface area (Å²) < 4.78 is 40.8. The maximum Gasteiger partial charge on any atom is 0.436 e. The fourth-order valence-electron chi connectivity index (χ4n) is 3.78. The predicted molar refractivity (Wildman–Crippen MR) is 113 cm³/mol. The molecule has 2 heterocycles. The Labute approximate surface area is 192 Å². The molecule has 4 rings (SSSR count). The zero-order valence-corrected chi connectivity index (χ0v) is 18.7. The second-order valence-corrected chi connectivity index (χ2v) is 9.08. The van der Waals surface area contributed by atoms with Gasteiger partial charge in [0.2, 0.25) is 5.91 Å². The van der Waals surface area contributed by atoms with Gasteiger partial charge in [0.25, 0.3) is 0 Å². The van der Waals surface area contributed by atoms with Gasteiger partial charge in [-0.3, -0.25) is 14.4 Å².